The van der Waals surface area contributed by atoms with E-state index in [1.54, 1.807) is 24.7 Å². The molecule has 0 aliphatic rings. The van der Waals surface area contributed by atoms with Crippen LogP contribution in [0, 0.1) is 0 Å². The summed E-state index contributed by atoms with van der Waals surface area (Å²) in [5.74, 6) is -0.109. The molecule has 0 bridgehead atoms. The molecule has 0 saturated carbocycles. The number of hydrogen-bond acceptors (Lipinski definition) is 5. The van der Waals surface area contributed by atoms with E-state index in [0.29, 0.717) is 21.3 Å². The topological polar surface area (TPSA) is 82.5 Å². The molecule has 1 aromatic carbocycles. The van der Waals surface area contributed by atoms with Gasteiger partial charge in [-0.25, -0.2) is 4.98 Å². The van der Waals surface area contributed by atoms with E-state index in [1.165, 1.54) is 11.3 Å². The number of nitrogens with two attached hydrogens (primary N) is 1. The highest BCUT2D eigenvalue weighted by Gasteiger charge is 2.21. The van der Waals surface area contributed by atoms with Gasteiger partial charge >= 0.3 is 0 Å². The lowest BCUT2D eigenvalue weighted by Gasteiger charge is -2.16. The van der Waals surface area contributed by atoms with Crippen LogP contribution < -0.4 is 10.5 Å². The number of amides is 1. The van der Waals surface area contributed by atoms with Crippen molar-refractivity contribution in [3.63, 3.8) is 0 Å². The van der Waals surface area contributed by atoms with Crippen LogP contribution in [-0.4, -0.2) is 20.3 Å². The van der Waals surface area contributed by atoms with Crippen molar-refractivity contribution >= 4 is 34.5 Å². The number of imidazole rings is 1. The molecule has 6 nitrogen and oxygen atoms in total. The van der Waals surface area contributed by atoms with Crippen molar-refractivity contribution in [1.82, 2.24) is 14.4 Å². The molecule has 27 heavy (non-hydrogen) atoms. The zero-order chi connectivity index (χ0) is 19.0. The van der Waals surface area contributed by atoms with Crippen LogP contribution in [0.15, 0.2) is 55.1 Å². The zero-order valence-corrected chi connectivity index (χ0v) is 15.9. The summed E-state index contributed by atoms with van der Waals surface area (Å²) < 4.78 is 7.94. The van der Waals surface area contributed by atoms with E-state index < -0.39 is 5.91 Å². The lowest BCUT2D eigenvalue weighted by Crippen LogP contribution is -2.12. The zero-order valence-electron chi connectivity index (χ0n) is 14.3. The van der Waals surface area contributed by atoms with Crippen molar-refractivity contribution in [2.45, 2.75) is 13.0 Å². The number of rotatable bonds is 5. The molecule has 4 rings (SSSR count). The van der Waals surface area contributed by atoms with Gasteiger partial charge in [0.05, 0.1) is 23.0 Å². The van der Waals surface area contributed by atoms with E-state index >= 15 is 0 Å². The number of carbonyl (C=O) groups excluding carboxylic acids is 1. The van der Waals surface area contributed by atoms with Crippen molar-refractivity contribution < 1.29 is 9.53 Å². The number of nitrogens with zero attached hydrogens (tertiary/aromatic N) is 3. The minimum Gasteiger partial charge on any atom is -0.484 e. The smallest absolute Gasteiger partial charge is 0.262 e. The molecule has 0 fully saturated rings. The predicted octanol–water partition coefficient (Wildman–Crippen LogP) is 4.35. The molecule has 3 heterocycles. The van der Waals surface area contributed by atoms with E-state index in [-0.39, 0.29) is 6.10 Å². The monoisotopic (exact) mass is 398 g/mol. The molecular formula is C19H15ClN4O2S. The highest BCUT2D eigenvalue weighted by molar-refractivity contribution is 7.17. The van der Waals surface area contributed by atoms with Crippen LogP contribution in [0.1, 0.15) is 28.3 Å². The maximum absolute atomic E-state index is 11.9. The first-order chi connectivity index (χ1) is 13.0. The Balaban J connectivity index is 1.73. The van der Waals surface area contributed by atoms with Crippen LogP contribution in [0.3, 0.4) is 0 Å². The van der Waals surface area contributed by atoms with Crippen LogP contribution in [0.25, 0.3) is 16.2 Å². The van der Waals surface area contributed by atoms with Gasteiger partial charge in [0.15, 0.2) is 5.65 Å². The van der Waals surface area contributed by atoms with Crippen molar-refractivity contribution in [2.24, 2.45) is 5.73 Å². The Morgan fingerprint density at radius 2 is 2.15 bits per heavy atom. The summed E-state index contributed by atoms with van der Waals surface area (Å²) in [5, 5.41) is 0.607. The third-order valence-corrected chi connectivity index (χ3v) is 5.64. The highest BCUT2D eigenvalue weighted by atomic mass is 35.5. The van der Waals surface area contributed by atoms with Crippen molar-refractivity contribution in [3.05, 3.63) is 70.6 Å². The van der Waals surface area contributed by atoms with Crippen molar-refractivity contribution in [2.75, 3.05) is 0 Å². The maximum atomic E-state index is 11.9. The van der Waals surface area contributed by atoms with E-state index in [0.717, 1.165) is 16.1 Å². The molecule has 0 spiro atoms. The van der Waals surface area contributed by atoms with E-state index in [4.69, 9.17) is 22.1 Å². The third-order valence-electron chi connectivity index (χ3n) is 4.14. The number of primary amides is 1. The number of aromatic nitrogens is 3. The number of halogens is 1. The number of fused-ring (bicyclic) bond motifs is 1. The summed E-state index contributed by atoms with van der Waals surface area (Å²) in [5.41, 5.74) is 7.96. The van der Waals surface area contributed by atoms with Gasteiger partial charge in [-0.3, -0.25) is 14.2 Å². The van der Waals surface area contributed by atoms with Gasteiger partial charge in [0, 0.05) is 29.0 Å². The lowest BCUT2D eigenvalue weighted by atomic mass is 10.1. The summed E-state index contributed by atoms with van der Waals surface area (Å²) in [6.07, 6.45) is 6.55. The molecule has 8 heteroatoms. The minimum absolute atomic E-state index is 0.342. The highest BCUT2D eigenvalue weighted by Crippen LogP contribution is 2.38. The van der Waals surface area contributed by atoms with Crippen molar-refractivity contribution in [3.8, 4) is 16.3 Å². The van der Waals surface area contributed by atoms with Gasteiger partial charge in [-0.1, -0.05) is 29.8 Å². The Morgan fingerprint density at radius 3 is 2.93 bits per heavy atom. The second-order valence-corrected chi connectivity index (χ2v) is 7.36. The number of benzene rings is 1. The first kappa shape index (κ1) is 17.5. The number of carbonyl (C=O) groups is 1. The van der Waals surface area contributed by atoms with Gasteiger partial charge in [-0.2, -0.15) is 0 Å². The maximum Gasteiger partial charge on any atom is 0.262 e. The molecule has 2 N–H and O–H groups in total. The van der Waals surface area contributed by atoms with E-state index in [2.05, 4.69) is 9.97 Å². The van der Waals surface area contributed by atoms with Gasteiger partial charge in [-0.15, -0.1) is 11.3 Å². The molecule has 0 aliphatic heterocycles. The Labute approximate surface area is 164 Å². The van der Waals surface area contributed by atoms with Gasteiger partial charge in [0.1, 0.15) is 16.7 Å². The van der Waals surface area contributed by atoms with Crippen LogP contribution in [0.5, 0.6) is 5.75 Å². The van der Waals surface area contributed by atoms with Gasteiger partial charge in [0.2, 0.25) is 0 Å². The Hall–Kier alpha value is -2.90. The summed E-state index contributed by atoms with van der Waals surface area (Å²) >= 11 is 7.52. The molecule has 1 unspecified atom stereocenters. The van der Waals surface area contributed by atoms with Crippen LogP contribution in [0.2, 0.25) is 5.02 Å². The second-order valence-electron chi connectivity index (χ2n) is 5.90. The molecular weight excluding hydrogens is 384 g/mol. The Morgan fingerprint density at radius 1 is 1.33 bits per heavy atom. The van der Waals surface area contributed by atoms with E-state index in [1.807, 2.05) is 41.8 Å². The number of thiophene rings is 1. The van der Waals surface area contributed by atoms with Gasteiger partial charge in [-0.05, 0) is 13.0 Å². The summed E-state index contributed by atoms with van der Waals surface area (Å²) in [6, 6.07) is 9.25. The molecule has 0 aliphatic carbocycles. The fourth-order valence-corrected chi connectivity index (χ4v) is 4.08. The molecule has 1 atom stereocenters. The average molecular weight is 399 g/mol. The molecule has 1 amide bonds. The molecule has 136 valence electrons. The summed E-state index contributed by atoms with van der Waals surface area (Å²) in [6.45, 7) is 1.88. The average Bonchev–Trinajstić information content (AvgIpc) is 3.26. The molecule has 3 aromatic heterocycles. The van der Waals surface area contributed by atoms with Crippen LogP contribution in [0.4, 0.5) is 0 Å². The normalized spacial score (nSPS) is 12.2. The Bertz CT molecular complexity index is 1140. The van der Waals surface area contributed by atoms with Crippen molar-refractivity contribution in [1.29, 1.82) is 0 Å². The fraction of sp³-hybridized carbons (Fsp3) is 0.105. The minimum atomic E-state index is -0.539. The quantitative estimate of drug-likeness (QED) is 0.541. The lowest BCUT2D eigenvalue weighted by molar-refractivity contribution is 0.0998. The first-order valence-electron chi connectivity index (χ1n) is 8.16. The van der Waals surface area contributed by atoms with Crippen LogP contribution in [-0.2, 0) is 0 Å². The van der Waals surface area contributed by atoms with Gasteiger partial charge in [0.25, 0.3) is 5.91 Å². The predicted molar refractivity (Wildman–Crippen MR) is 105 cm³/mol. The summed E-state index contributed by atoms with van der Waals surface area (Å²) in [4.78, 5) is 21.5. The fourth-order valence-electron chi connectivity index (χ4n) is 2.84. The van der Waals surface area contributed by atoms with Crippen LogP contribution >= 0.6 is 22.9 Å². The SMILES string of the molecule is CC(Oc1cc(-c2cnc3cnccn23)sc1C(N)=O)c1ccccc1Cl. The number of hydrogen-bond donors (Lipinski definition) is 1. The largest absolute Gasteiger partial charge is 0.484 e. The Kier molecular flexibility index (Phi) is 4.55. The van der Waals surface area contributed by atoms with Gasteiger partial charge < -0.3 is 10.5 Å². The molecule has 0 saturated heterocycles. The molecule has 4 aromatic rings. The van der Waals surface area contributed by atoms with E-state index in [9.17, 15) is 4.79 Å². The second kappa shape index (κ2) is 7.02. The summed E-state index contributed by atoms with van der Waals surface area (Å²) in [7, 11) is 0. The first-order valence-corrected chi connectivity index (χ1v) is 9.36. The molecule has 0 radical (unpaired) electrons. The number of ether oxygens (including phenoxy) is 1. The standard InChI is InChI=1S/C19H15ClN4O2S/c1-11(12-4-2-3-5-13(12)20)26-15-8-16(27-18(15)19(21)25)14-9-23-17-10-22-6-7-24(14)17/h2-11H,1H3,(H2,21,25). The third kappa shape index (κ3) is 3.27.